The summed E-state index contributed by atoms with van der Waals surface area (Å²) in [6.07, 6.45) is 1.38. The molecule has 0 aliphatic heterocycles. The number of hydrogen-bond acceptors (Lipinski definition) is 6. The van der Waals surface area contributed by atoms with Gasteiger partial charge in [0.25, 0.3) is 5.91 Å². The summed E-state index contributed by atoms with van der Waals surface area (Å²) in [6.45, 7) is 2.38. The first-order chi connectivity index (χ1) is 14.1. The molecular weight excluding hydrogens is 368 g/mol. The smallest absolute Gasteiger partial charge is 0.270 e. The maximum Gasteiger partial charge on any atom is 0.270 e. The van der Waals surface area contributed by atoms with E-state index in [1.165, 1.54) is 6.33 Å². The van der Waals surface area contributed by atoms with Crippen molar-refractivity contribution in [2.24, 2.45) is 0 Å². The molecular formula is C22H24N4O3. The first kappa shape index (κ1) is 20.1. The van der Waals surface area contributed by atoms with Crippen LogP contribution in [0.2, 0.25) is 0 Å². The molecule has 0 saturated carbocycles. The van der Waals surface area contributed by atoms with E-state index >= 15 is 0 Å². The highest BCUT2D eigenvalue weighted by atomic mass is 16.5. The summed E-state index contributed by atoms with van der Waals surface area (Å²) < 4.78 is 10.5. The predicted molar refractivity (Wildman–Crippen MR) is 111 cm³/mol. The molecule has 1 aromatic heterocycles. The second-order valence-electron chi connectivity index (χ2n) is 6.44. The van der Waals surface area contributed by atoms with Gasteiger partial charge < -0.3 is 20.1 Å². The summed E-state index contributed by atoms with van der Waals surface area (Å²) >= 11 is 0. The van der Waals surface area contributed by atoms with Gasteiger partial charge >= 0.3 is 0 Å². The maximum absolute atomic E-state index is 12.5. The number of aromatic nitrogens is 2. The Labute approximate surface area is 170 Å². The van der Waals surface area contributed by atoms with Crippen LogP contribution in [0.3, 0.4) is 0 Å². The molecule has 0 bridgehead atoms. The van der Waals surface area contributed by atoms with Gasteiger partial charge in [-0.2, -0.15) is 0 Å². The lowest BCUT2D eigenvalue weighted by Gasteiger charge is -2.15. The van der Waals surface area contributed by atoms with Gasteiger partial charge in [0.05, 0.1) is 14.2 Å². The molecule has 3 aromatic rings. The van der Waals surface area contributed by atoms with Crippen LogP contribution in [0, 0.1) is 0 Å². The largest absolute Gasteiger partial charge is 0.493 e. The fraction of sp³-hybridized carbons (Fsp3) is 0.227. The fourth-order valence-corrected chi connectivity index (χ4v) is 2.87. The Hall–Kier alpha value is -3.61. The minimum atomic E-state index is -0.280. The van der Waals surface area contributed by atoms with Crippen molar-refractivity contribution in [2.75, 3.05) is 19.5 Å². The van der Waals surface area contributed by atoms with Gasteiger partial charge in [0.15, 0.2) is 11.5 Å². The number of rotatable bonds is 8. The third-order valence-corrected chi connectivity index (χ3v) is 4.46. The highest BCUT2D eigenvalue weighted by molar-refractivity contribution is 5.92. The van der Waals surface area contributed by atoms with Crippen LogP contribution >= 0.6 is 0 Å². The normalized spacial score (nSPS) is 11.4. The van der Waals surface area contributed by atoms with Gasteiger partial charge in [-0.3, -0.25) is 4.79 Å². The molecule has 0 radical (unpaired) electrons. The van der Waals surface area contributed by atoms with Crippen molar-refractivity contribution in [1.29, 1.82) is 0 Å². The summed E-state index contributed by atoms with van der Waals surface area (Å²) in [5, 5.41) is 6.16. The van der Waals surface area contributed by atoms with E-state index < -0.39 is 0 Å². The minimum Gasteiger partial charge on any atom is -0.493 e. The van der Waals surface area contributed by atoms with Crippen LogP contribution in [0.5, 0.6) is 11.5 Å². The van der Waals surface area contributed by atoms with Crippen molar-refractivity contribution in [3.8, 4) is 11.5 Å². The average Bonchev–Trinajstić information content (AvgIpc) is 2.78. The molecule has 2 aromatic carbocycles. The van der Waals surface area contributed by atoms with E-state index in [1.807, 2.05) is 49.4 Å². The molecule has 0 fully saturated rings. The molecule has 3 rings (SSSR count). The molecule has 0 saturated heterocycles. The minimum absolute atomic E-state index is 0.0498. The number of amides is 1. The van der Waals surface area contributed by atoms with E-state index in [9.17, 15) is 4.79 Å². The van der Waals surface area contributed by atoms with Crippen LogP contribution in [-0.4, -0.2) is 30.1 Å². The lowest BCUT2D eigenvalue weighted by atomic mass is 10.1. The molecule has 1 amide bonds. The van der Waals surface area contributed by atoms with E-state index in [-0.39, 0.29) is 11.9 Å². The highest BCUT2D eigenvalue weighted by Gasteiger charge is 2.12. The molecule has 0 aliphatic carbocycles. The summed E-state index contributed by atoms with van der Waals surface area (Å²) in [5.74, 6) is 1.56. The molecule has 7 nitrogen and oxygen atoms in total. The molecule has 0 aliphatic rings. The number of ether oxygens (including phenoxy) is 2. The molecule has 150 valence electrons. The van der Waals surface area contributed by atoms with Gasteiger partial charge in [0.2, 0.25) is 0 Å². The highest BCUT2D eigenvalue weighted by Crippen LogP contribution is 2.27. The monoisotopic (exact) mass is 392 g/mol. The van der Waals surface area contributed by atoms with Gasteiger partial charge in [-0.1, -0.05) is 36.4 Å². The molecule has 7 heteroatoms. The summed E-state index contributed by atoms with van der Waals surface area (Å²) in [7, 11) is 3.16. The molecule has 1 atom stereocenters. The zero-order valence-electron chi connectivity index (χ0n) is 16.7. The first-order valence-electron chi connectivity index (χ1n) is 9.23. The van der Waals surface area contributed by atoms with Crippen LogP contribution in [0.1, 0.15) is 34.6 Å². The zero-order valence-corrected chi connectivity index (χ0v) is 16.7. The van der Waals surface area contributed by atoms with Crippen LogP contribution in [0.25, 0.3) is 0 Å². The Kier molecular flexibility index (Phi) is 6.63. The number of carbonyl (C=O) groups is 1. The number of carbonyl (C=O) groups excluding carboxylic acids is 1. The summed E-state index contributed by atoms with van der Waals surface area (Å²) in [4.78, 5) is 20.8. The quantitative estimate of drug-likeness (QED) is 0.609. The van der Waals surface area contributed by atoms with Crippen molar-refractivity contribution in [3.63, 3.8) is 0 Å². The number of nitrogens with zero attached hydrogens (tertiary/aromatic N) is 2. The first-order valence-corrected chi connectivity index (χ1v) is 9.23. The Bertz CT molecular complexity index is 963. The van der Waals surface area contributed by atoms with Gasteiger partial charge in [-0.15, -0.1) is 0 Å². The predicted octanol–water partition coefficient (Wildman–Crippen LogP) is 3.60. The number of hydrogen-bond donors (Lipinski definition) is 2. The van der Waals surface area contributed by atoms with Crippen LogP contribution in [-0.2, 0) is 6.54 Å². The number of anilines is 1. The topological polar surface area (TPSA) is 85.4 Å². The van der Waals surface area contributed by atoms with Crippen molar-refractivity contribution < 1.29 is 14.3 Å². The Morgan fingerprint density at radius 2 is 1.76 bits per heavy atom. The lowest BCUT2D eigenvalue weighted by molar-refractivity contribution is 0.0945. The zero-order chi connectivity index (χ0) is 20.6. The molecule has 2 N–H and O–H groups in total. The number of methoxy groups -OCH3 is 2. The number of nitrogens with one attached hydrogen (secondary N) is 2. The van der Waals surface area contributed by atoms with E-state index in [1.54, 1.807) is 26.4 Å². The van der Waals surface area contributed by atoms with Gasteiger partial charge in [0.1, 0.15) is 17.8 Å². The third-order valence-electron chi connectivity index (χ3n) is 4.46. The maximum atomic E-state index is 12.5. The van der Waals surface area contributed by atoms with Gasteiger partial charge in [-0.25, -0.2) is 9.97 Å². The van der Waals surface area contributed by atoms with E-state index in [4.69, 9.17) is 9.47 Å². The Balaban J connectivity index is 1.63. The molecule has 29 heavy (non-hydrogen) atoms. The van der Waals surface area contributed by atoms with Crippen molar-refractivity contribution in [3.05, 3.63) is 77.7 Å². The third kappa shape index (κ3) is 5.22. The van der Waals surface area contributed by atoms with Crippen molar-refractivity contribution >= 4 is 11.7 Å². The summed E-state index contributed by atoms with van der Waals surface area (Å²) in [5.41, 5.74) is 2.31. The van der Waals surface area contributed by atoms with Crippen LogP contribution in [0.4, 0.5) is 5.82 Å². The Morgan fingerprint density at radius 3 is 2.48 bits per heavy atom. The lowest BCUT2D eigenvalue weighted by Crippen LogP contribution is -2.24. The van der Waals surface area contributed by atoms with Crippen LogP contribution < -0.4 is 20.1 Å². The van der Waals surface area contributed by atoms with E-state index in [0.29, 0.717) is 29.6 Å². The molecule has 1 unspecified atom stereocenters. The van der Waals surface area contributed by atoms with Crippen LogP contribution in [0.15, 0.2) is 60.9 Å². The Morgan fingerprint density at radius 1 is 1.00 bits per heavy atom. The number of benzene rings is 2. The summed E-state index contributed by atoms with van der Waals surface area (Å²) in [6, 6.07) is 17.2. The van der Waals surface area contributed by atoms with E-state index in [2.05, 4.69) is 20.6 Å². The van der Waals surface area contributed by atoms with Crippen molar-refractivity contribution in [2.45, 2.75) is 19.5 Å². The average molecular weight is 392 g/mol. The molecule has 1 heterocycles. The van der Waals surface area contributed by atoms with Gasteiger partial charge in [0, 0.05) is 18.7 Å². The van der Waals surface area contributed by atoms with Crippen molar-refractivity contribution in [1.82, 2.24) is 15.3 Å². The second kappa shape index (κ2) is 9.54. The van der Waals surface area contributed by atoms with E-state index in [0.717, 1.165) is 11.1 Å². The fourth-order valence-electron chi connectivity index (χ4n) is 2.87. The molecule has 0 spiro atoms. The van der Waals surface area contributed by atoms with Gasteiger partial charge in [-0.05, 0) is 30.2 Å². The second-order valence-corrected chi connectivity index (χ2v) is 6.44. The SMILES string of the molecule is COc1ccc(CNC(=O)c2cc(NC(C)c3ccccc3)ncn2)cc1OC. The standard InChI is InChI=1S/C22H24N4O3/c1-15(17-7-5-4-6-8-17)26-21-12-18(24-14-25-21)22(27)23-13-16-9-10-19(28-2)20(11-16)29-3/h4-12,14-15H,13H2,1-3H3,(H,23,27)(H,24,25,26).